The summed E-state index contributed by atoms with van der Waals surface area (Å²) in [6, 6.07) is 7.82. The van der Waals surface area contributed by atoms with Crippen molar-refractivity contribution in [2.45, 2.75) is 39.3 Å². The van der Waals surface area contributed by atoms with Crippen molar-refractivity contribution < 1.29 is 9.53 Å². The van der Waals surface area contributed by atoms with Gasteiger partial charge in [-0.05, 0) is 30.0 Å². The number of rotatable bonds is 6. The van der Waals surface area contributed by atoms with Crippen molar-refractivity contribution in [2.24, 2.45) is 11.7 Å². The molecule has 2 N–H and O–H groups in total. The van der Waals surface area contributed by atoms with E-state index in [9.17, 15) is 4.79 Å². The minimum Gasteiger partial charge on any atom is -0.497 e. The second-order valence-corrected chi connectivity index (χ2v) is 6.71. The van der Waals surface area contributed by atoms with Gasteiger partial charge < -0.3 is 15.4 Å². The first-order chi connectivity index (χ1) is 11.5. The largest absolute Gasteiger partial charge is 0.497 e. The van der Waals surface area contributed by atoms with Crippen molar-refractivity contribution in [3.05, 3.63) is 29.8 Å². The average molecular weight is 333 g/mol. The molecule has 2 atom stereocenters. The molecule has 5 nitrogen and oxygen atoms in total. The third-order valence-electron chi connectivity index (χ3n) is 5.01. The molecule has 134 valence electrons. The van der Waals surface area contributed by atoms with Crippen molar-refractivity contribution in [1.29, 1.82) is 0 Å². The molecule has 1 amide bonds. The maximum atomic E-state index is 12.6. The Morgan fingerprint density at radius 1 is 1.21 bits per heavy atom. The fraction of sp³-hybridized carbons (Fsp3) is 0.632. The van der Waals surface area contributed by atoms with Gasteiger partial charge in [-0.1, -0.05) is 32.4 Å². The Balaban J connectivity index is 1.88. The van der Waals surface area contributed by atoms with E-state index < -0.39 is 0 Å². The van der Waals surface area contributed by atoms with Crippen molar-refractivity contribution >= 4 is 5.91 Å². The Kier molecular flexibility index (Phi) is 7.06. The van der Waals surface area contributed by atoms with Crippen LogP contribution in [0, 0.1) is 5.92 Å². The molecule has 1 aliphatic heterocycles. The van der Waals surface area contributed by atoms with E-state index in [4.69, 9.17) is 10.5 Å². The van der Waals surface area contributed by atoms with Gasteiger partial charge in [0.2, 0.25) is 5.91 Å². The van der Waals surface area contributed by atoms with Gasteiger partial charge in [0.25, 0.3) is 0 Å². The van der Waals surface area contributed by atoms with Gasteiger partial charge in [-0.2, -0.15) is 0 Å². The molecule has 24 heavy (non-hydrogen) atoms. The molecule has 0 radical (unpaired) electrons. The van der Waals surface area contributed by atoms with Crippen LogP contribution in [0.1, 0.15) is 32.3 Å². The van der Waals surface area contributed by atoms with E-state index in [1.807, 2.05) is 17.0 Å². The van der Waals surface area contributed by atoms with Crippen LogP contribution >= 0.6 is 0 Å². The Hall–Kier alpha value is -1.59. The maximum Gasteiger partial charge on any atom is 0.239 e. The maximum absolute atomic E-state index is 12.6. The van der Waals surface area contributed by atoms with Gasteiger partial charge in [0.15, 0.2) is 0 Å². The van der Waals surface area contributed by atoms with Gasteiger partial charge in [-0.25, -0.2) is 0 Å². The van der Waals surface area contributed by atoms with E-state index in [2.05, 4.69) is 30.9 Å². The third kappa shape index (κ3) is 4.95. The summed E-state index contributed by atoms with van der Waals surface area (Å²) in [6.07, 6.45) is 1.93. The monoisotopic (exact) mass is 333 g/mol. The molecule has 5 heteroatoms. The van der Waals surface area contributed by atoms with Crippen molar-refractivity contribution in [3.63, 3.8) is 0 Å². The first kappa shape index (κ1) is 18.7. The van der Waals surface area contributed by atoms with E-state index in [0.29, 0.717) is 0 Å². The molecule has 0 aromatic heterocycles. The van der Waals surface area contributed by atoms with E-state index in [0.717, 1.165) is 51.3 Å². The number of hydrogen-bond acceptors (Lipinski definition) is 4. The molecule has 1 aliphatic rings. The molecule has 1 fully saturated rings. The summed E-state index contributed by atoms with van der Waals surface area (Å²) >= 11 is 0. The molecule has 2 unspecified atom stereocenters. The molecular formula is C19H31N3O2. The molecular weight excluding hydrogens is 302 g/mol. The Morgan fingerprint density at radius 2 is 1.92 bits per heavy atom. The van der Waals surface area contributed by atoms with Crippen LogP contribution in [-0.2, 0) is 11.3 Å². The fourth-order valence-corrected chi connectivity index (χ4v) is 3.05. The zero-order chi connectivity index (χ0) is 17.5. The van der Waals surface area contributed by atoms with Crippen LogP contribution in [0.2, 0.25) is 0 Å². The lowest BCUT2D eigenvalue weighted by Gasteiger charge is -2.27. The summed E-state index contributed by atoms with van der Waals surface area (Å²) in [6.45, 7) is 8.51. The highest BCUT2D eigenvalue weighted by atomic mass is 16.5. The number of nitrogens with zero attached hydrogens (tertiary/aromatic N) is 2. The molecule has 0 aliphatic carbocycles. The summed E-state index contributed by atoms with van der Waals surface area (Å²) in [4.78, 5) is 16.9. The second kappa shape index (κ2) is 9.04. The van der Waals surface area contributed by atoms with Crippen LogP contribution in [0.3, 0.4) is 0 Å². The summed E-state index contributed by atoms with van der Waals surface area (Å²) in [7, 11) is 1.68. The number of benzene rings is 1. The van der Waals surface area contributed by atoms with Gasteiger partial charge in [-0.15, -0.1) is 0 Å². The quantitative estimate of drug-likeness (QED) is 0.866. The first-order valence-electron chi connectivity index (χ1n) is 8.94. The first-order valence-corrected chi connectivity index (χ1v) is 8.94. The number of nitrogens with two attached hydrogens (primary N) is 1. The van der Waals surface area contributed by atoms with Crippen molar-refractivity contribution in [2.75, 3.05) is 33.3 Å². The standard InChI is InChI=1S/C19H31N3O2/c1-4-15(2)18(20)19(23)22-11-5-10-21(12-13-22)14-16-6-8-17(24-3)9-7-16/h6-9,15,18H,4-5,10-14,20H2,1-3H3. The molecule has 0 bridgehead atoms. The van der Waals surface area contributed by atoms with Gasteiger partial charge in [0, 0.05) is 32.7 Å². The smallest absolute Gasteiger partial charge is 0.239 e. The Bertz CT molecular complexity index is 518. The summed E-state index contributed by atoms with van der Waals surface area (Å²) < 4.78 is 5.20. The fourth-order valence-electron chi connectivity index (χ4n) is 3.05. The second-order valence-electron chi connectivity index (χ2n) is 6.71. The molecule has 1 aromatic carbocycles. The van der Waals surface area contributed by atoms with Gasteiger partial charge in [-0.3, -0.25) is 9.69 Å². The van der Waals surface area contributed by atoms with Gasteiger partial charge in [0.05, 0.1) is 13.2 Å². The number of hydrogen-bond donors (Lipinski definition) is 1. The van der Waals surface area contributed by atoms with Crippen molar-refractivity contribution in [1.82, 2.24) is 9.80 Å². The number of ether oxygens (including phenoxy) is 1. The van der Waals surface area contributed by atoms with Gasteiger partial charge >= 0.3 is 0 Å². The van der Waals surface area contributed by atoms with Crippen molar-refractivity contribution in [3.8, 4) is 5.75 Å². The third-order valence-corrected chi connectivity index (χ3v) is 5.01. The number of carbonyl (C=O) groups is 1. The Labute approximate surface area is 145 Å². The molecule has 1 saturated heterocycles. The number of carbonyl (C=O) groups excluding carboxylic acids is 1. The average Bonchev–Trinajstić information content (AvgIpc) is 2.86. The highest BCUT2D eigenvalue weighted by Gasteiger charge is 2.26. The lowest BCUT2D eigenvalue weighted by Crippen LogP contribution is -2.48. The van der Waals surface area contributed by atoms with E-state index >= 15 is 0 Å². The van der Waals surface area contributed by atoms with E-state index in [-0.39, 0.29) is 17.9 Å². The normalized spacial score (nSPS) is 18.8. The van der Waals surface area contributed by atoms with Crippen LogP contribution in [0.15, 0.2) is 24.3 Å². The van der Waals surface area contributed by atoms with Crippen LogP contribution in [-0.4, -0.2) is 55.0 Å². The van der Waals surface area contributed by atoms with Gasteiger partial charge in [0.1, 0.15) is 5.75 Å². The highest BCUT2D eigenvalue weighted by Crippen LogP contribution is 2.15. The predicted molar refractivity (Wildman–Crippen MR) is 96.9 cm³/mol. The van der Waals surface area contributed by atoms with Crippen LogP contribution in [0.25, 0.3) is 0 Å². The zero-order valence-corrected chi connectivity index (χ0v) is 15.2. The van der Waals surface area contributed by atoms with Crippen LogP contribution in [0.4, 0.5) is 0 Å². The van der Waals surface area contributed by atoms with Crippen LogP contribution in [0.5, 0.6) is 5.75 Å². The summed E-state index contributed by atoms with van der Waals surface area (Å²) in [5.74, 6) is 1.22. The molecule has 1 heterocycles. The molecule has 1 aromatic rings. The lowest BCUT2D eigenvalue weighted by molar-refractivity contribution is -0.133. The lowest BCUT2D eigenvalue weighted by atomic mass is 9.99. The SMILES string of the molecule is CCC(C)C(N)C(=O)N1CCCN(Cc2ccc(OC)cc2)CC1. The molecule has 2 rings (SSSR count). The summed E-state index contributed by atoms with van der Waals surface area (Å²) in [5, 5.41) is 0. The minimum absolute atomic E-state index is 0.107. The van der Waals surface area contributed by atoms with E-state index in [1.165, 1.54) is 5.56 Å². The topological polar surface area (TPSA) is 58.8 Å². The molecule has 0 spiro atoms. The molecule has 0 saturated carbocycles. The number of methoxy groups -OCH3 is 1. The number of amides is 1. The minimum atomic E-state index is -0.372. The summed E-state index contributed by atoms with van der Waals surface area (Å²) in [5.41, 5.74) is 7.39. The Morgan fingerprint density at radius 3 is 2.54 bits per heavy atom. The van der Waals surface area contributed by atoms with Crippen LogP contribution < -0.4 is 10.5 Å². The predicted octanol–water partition coefficient (Wildman–Crippen LogP) is 2.10. The van der Waals surface area contributed by atoms with E-state index in [1.54, 1.807) is 7.11 Å². The highest BCUT2D eigenvalue weighted by molar-refractivity contribution is 5.82. The zero-order valence-electron chi connectivity index (χ0n) is 15.2.